The summed E-state index contributed by atoms with van der Waals surface area (Å²) in [5.41, 5.74) is 1.02. The van der Waals surface area contributed by atoms with E-state index in [1.807, 2.05) is 42.2 Å². The Hall–Kier alpha value is -1.35. The highest BCUT2D eigenvalue weighted by atomic mass is 16.2. The highest BCUT2D eigenvalue weighted by Gasteiger charge is 2.22. The van der Waals surface area contributed by atoms with Crippen molar-refractivity contribution in [3.63, 3.8) is 0 Å². The fourth-order valence-electron chi connectivity index (χ4n) is 2.73. The molecule has 0 aliphatic carbocycles. The first-order valence-corrected chi connectivity index (χ1v) is 7.24. The molecule has 1 amide bonds. The van der Waals surface area contributed by atoms with Crippen molar-refractivity contribution in [3.8, 4) is 0 Å². The summed E-state index contributed by atoms with van der Waals surface area (Å²) in [7, 11) is 2.15. The zero-order chi connectivity index (χ0) is 13.7. The predicted molar refractivity (Wildman–Crippen MR) is 79.3 cm³/mol. The summed E-state index contributed by atoms with van der Waals surface area (Å²) in [6.07, 6.45) is 2.99. The maximum Gasteiger partial charge on any atom is 0.227 e. The number of likely N-dealkylation sites (tertiary alicyclic amines) is 1. The number of para-hydroxylation sites is 1. The molecule has 1 saturated heterocycles. The number of hydrogen-bond acceptors (Lipinski definition) is 2. The molecule has 1 aliphatic rings. The number of piperidine rings is 1. The standard InChI is InChI=1S/C16H24N2O/c1-3-18(15-7-5-4-6-8-15)16(19)13-14-9-11-17(2)12-10-14/h4-8,14H,3,9-13H2,1-2H3. The Kier molecular flexibility index (Phi) is 4.97. The molecule has 0 aromatic heterocycles. The number of carbonyl (C=O) groups excluding carboxylic acids is 1. The summed E-state index contributed by atoms with van der Waals surface area (Å²) in [6.45, 7) is 5.03. The van der Waals surface area contributed by atoms with Gasteiger partial charge in [-0.1, -0.05) is 18.2 Å². The second-order valence-electron chi connectivity index (χ2n) is 5.42. The van der Waals surface area contributed by atoms with E-state index in [1.165, 1.54) is 0 Å². The predicted octanol–water partition coefficient (Wildman–Crippen LogP) is 2.77. The van der Waals surface area contributed by atoms with E-state index in [2.05, 4.69) is 11.9 Å². The molecule has 19 heavy (non-hydrogen) atoms. The Morgan fingerprint density at radius 2 is 1.89 bits per heavy atom. The quantitative estimate of drug-likeness (QED) is 0.831. The average Bonchev–Trinajstić information content (AvgIpc) is 2.43. The van der Waals surface area contributed by atoms with Crippen molar-refractivity contribution in [2.75, 3.05) is 31.6 Å². The van der Waals surface area contributed by atoms with E-state index in [0.717, 1.165) is 38.2 Å². The lowest BCUT2D eigenvalue weighted by atomic mass is 9.93. The molecule has 0 bridgehead atoms. The average molecular weight is 260 g/mol. The van der Waals surface area contributed by atoms with Crippen LogP contribution in [-0.2, 0) is 4.79 Å². The first kappa shape index (κ1) is 14.1. The van der Waals surface area contributed by atoms with Gasteiger partial charge in [0.05, 0.1) is 0 Å². The van der Waals surface area contributed by atoms with Gasteiger partial charge in [-0.3, -0.25) is 4.79 Å². The van der Waals surface area contributed by atoms with E-state index in [0.29, 0.717) is 12.3 Å². The van der Waals surface area contributed by atoms with Gasteiger partial charge in [0, 0.05) is 18.7 Å². The Morgan fingerprint density at radius 3 is 2.47 bits per heavy atom. The Bertz CT molecular complexity index is 396. The normalized spacial score (nSPS) is 17.4. The highest BCUT2D eigenvalue weighted by molar-refractivity contribution is 5.93. The van der Waals surface area contributed by atoms with Gasteiger partial charge in [0.25, 0.3) is 0 Å². The van der Waals surface area contributed by atoms with Crippen molar-refractivity contribution in [1.29, 1.82) is 0 Å². The van der Waals surface area contributed by atoms with Crippen LogP contribution in [0.25, 0.3) is 0 Å². The van der Waals surface area contributed by atoms with Crippen LogP contribution in [0.4, 0.5) is 5.69 Å². The van der Waals surface area contributed by atoms with Gasteiger partial charge in [0.2, 0.25) is 5.91 Å². The number of carbonyl (C=O) groups is 1. The second-order valence-corrected chi connectivity index (χ2v) is 5.42. The molecule has 0 unspecified atom stereocenters. The molecule has 3 nitrogen and oxygen atoms in total. The van der Waals surface area contributed by atoms with Crippen LogP contribution < -0.4 is 4.90 Å². The third-order valence-corrected chi connectivity index (χ3v) is 3.99. The summed E-state index contributed by atoms with van der Waals surface area (Å²) in [5.74, 6) is 0.824. The first-order chi connectivity index (χ1) is 9.20. The van der Waals surface area contributed by atoms with Gasteiger partial charge in [-0.25, -0.2) is 0 Å². The van der Waals surface area contributed by atoms with E-state index in [4.69, 9.17) is 0 Å². The Balaban J connectivity index is 1.94. The fourth-order valence-corrected chi connectivity index (χ4v) is 2.73. The highest BCUT2D eigenvalue weighted by Crippen LogP contribution is 2.22. The number of benzene rings is 1. The molecule has 104 valence electrons. The summed E-state index contributed by atoms with van der Waals surface area (Å²) in [5, 5.41) is 0. The molecule has 1 fully saturated rings. The molecular weight excluding hydrogens is 236 g/mol. The van der Waals surface area contributed by atoms with Crippen LogP contribution in [-0.4, -0.2) is 37.5 Å². The van der Waals surface area contributed by atoms with E-state index >= 15 is 0 Å². The third-order valence-electron chi connectivity index (χ3n) is 3.99. The SMILES string of the molecule is CCN(C(=O)CC1CCN(C)CC1)c1ccccc1. The van der Waals surface area contributed by atoms with Crippen LogP contribution >= 0.6 is 0 Å². The second kappa shape index (κ2) is 6.71. The molecule has 0 N–H and O–H groups in total. The van der Waals surface area contributed by atoms with Gasteiger partial charge in [-0.2, -0.15) is 0 Å². The lowest BCUT2D eigenvalue weighted by Crippen LogP contribution is -2.36. The van der Waals surface area contributed by atoms with Gasteiger partial charge in [0.15, 0.2) is 0 Å². The molecule has 0 spiro atoms. The first-order valence-electron chi connectivity index (χ1n) is 7.24. The van der Waals surface area contributed by atoms with Crippen LogP contribution in [0.3, 0.4) is 0 Å². The van der Waals surface area contributed by atoms with Crippen molar-refractivity contribution >= 4 is 11.6 Å². The number of nitrogens with zero attached hydrogens (tertiary/aromatic N) is 2. The zero-order valence-electron chi connectivity index (χ0n) is 12.0. The van der Waals surface area contributed by atoms with Crippen LogP contribution in [0.15, 0.2) is 30.3 Å². The van der Waals surface area contributed by atoms with Crippen molar-refractivity contribution < 1.29 is 4.79 Å². The number of anilines is 1. The van der Waals surface area contributed by atoms with Crippen LogP contribution in [0.2, 0.25) is 0 Å². The van der Waals surface area contributed by atoms with E-state index in [9.17, 15) is 4.79 Å². The Labute approximate surface area is 116 Å². The van der Waals surface area contributed by atoms with Gasteiger partial charge in [0.1, 0.15) is 0 Å². The van der Waals surface area contributed by atoms with E-state index in [-0.39, 0.29) is 5.91 Å². The van der Waals surface area contributed by atoms with Gasteiger partial charge >= 0.3 is 0 Å². The third kappa shape index (κ3) is 3.80. The minimum absolute atomic E-state index is 0.267. The molecule has 1 aromatic carbocycles. The summed E-state index contributed by atoms with van der Waals surface area (Å²) < 4.78 is 0. The molecule has 0 atom stereocenters. The lowest BCUT2D eigenvalue weighted by molar-refractivity contribution is -0.119. The van der Waals surface area contributed by atoms with E-state index in [1.54, 1.807) is 0 Å². The molecule has 3 heteroatoms. The van der Waals surface area contributed by atoms with Crippen molar-refractivity contribution in [1.82, 2.24) is 4.90 Å². The maximum absolute atomic E-state index is 12.4. The molecule has 0 saturated carbocycles. The molecule has 0 radical (unpaired) electrons. The summed E-state index contributed by atoms with van der Waals surface area (Å²) >= 11 is 0. The molecule has 1 aromatic rings. The van der Waals surface area contributed by atoms with Gasteiger partial charge in [-0.05, 0) is 58.0 Å². The topological polar surface area (TPSA) is 23.6 Å². The van der Waals surface area contributed by atoms with Crippen molar-refractivity contribution in [3.05, 3.63) is 30.3 Å². The number of rotatable bonds is 4. The van der Waals surface area contributed by atoms with Crippen molar-refractivity contribution in [2.45, 2.75) is 26.2 Å². The number of amides is 1. The molecule has 1 heterocycles. The minimum atomic E-state index is 0.267. The smallest absolute Gasteiger partial charge is 0.227 e. The van der Waals surface area contributed by atoms with Crippen molar-refractivity contribution in [2.24, 2.45) is 5.92 Å². The monoisotopic (exact) mass is 260 g/mol. The lowest BCUT2D eigenvalue weighted by Gasteiger charge is -2.30. The maximum atomic E-state index is 12.4. The summed E-state index contributed by atoms with van der Waals surface area (Å²) in [6, 6.07) is 9.98. The summed E-state index contributed by atoms with van der Waals surface area (Å²) in [4.78, 5) is 16.7. The number of hydrogen-bond donors (Lipinski definition) is 0. The molecule has 1 aliphatic heterocycles. The molecule has 2 rings (SSSR count). The molecular formula is C16H24N2O. The van der Waals surface area contributed by atoms with Gasteiger partial charge < -0.3 is 9.80 Å². The largest absolute Gasteiger partial charge is 0.313 e. The van der Waals surface area contributed by atoms with E-state index < -0.39 is 0 Å². The van der Waals surface area contributed by atoms with Crippen LogP contribution in [0.1, 0.15) is 26.2 Å². The van der Waals surface area contributed by atoms with Crippen LogP contribution in [0, 0.1) is 5.92 Å². The fraction of sp³-hybridized carbons (Fsp3) is 0.562. The minimum Gasteiger partial charge on any atom is -0.313 e. The van der Waals surface area contributed by atoms with Gasteiger partial charge in [-0.15, -0.1) is 0 Å². The van der Waals surface area contributed by atoms with Crippen LogP contribution in [0.5, 0.6) is 0 Å². The Morgan fingerprint density at radius 1 is 1.26 bits per heavy atom. The zero-order valence-corrected chi connectivity index (χ0v) is 12.0.